The number of hydrogen-bond donors (Lipinski definition) is 1. The normalized spacial score (nSPS) is 12.9. The Balaban J connectivity index is 3.77. The Morgan fingerprint density at radius 1 is 1.21 bits per heavy atom. The highest BCUT2D eigenvalue weighted by molar-refractivity contribution is 7.89. The molecule has 0 spiro atoms. The Bertz CT molecular complexity index is 255. The lowest BCUT2D eigenvalue weighted by Crippen LogP contribution is -2.32. The summed E-state index contributed by atoms with van der Waals surface area (Å²) in [7, 11) is -3.07. The molecule has 0 saturated carbocycles. The molecule has 3 nitrogen and oxygen atoms in total. The Morgan fingerprint density at radius 2 is 1.79 bits per heavy atom. The van der Waals surface area contributed by atoms with Crippen molar-refractivity contribution in [1.29, 1.82) is 0 Å². The second-order valence-electron chi connectivity index (χ2n) is 3.64. The number of rotatable bonds is 7. The maximum absolute atomic E-state index is 11.3. The Labute approximate surface area is 87.6 Å². The molecule has 0 fully saturated rings. The van der Waals surface area contributed by atoms with E-state index in [-0.39, 0.29) is 11.8 Å². The molecule has 0 atom stereocenters. The summed E-state index contributed by atoms with van der Waals surface area (Å²) in [6.07, 6.45) is 6.70. The summed E-state index contributed by atoms with van der Waals surface area (Å²) in [6, 6.07) is -0.0142. The van der Waals surface area contributed by atoms with E-state index in [0.717, 1.165) is 12.8 Å². The van der Waals surface area contributed by atoms with Gasteiger partial charge in [0, 0.05) is 6.04 Å². The average Bonchev–Trinajstić information content (AvgIpc) is 2.01. The van der Waals surface area contributed by atoms with Gasteiger partial charge in [-0.25, -0.2) is 13.1 Å². The van der Waals surface area contributed by atoms with Gasteiger partial charge in [-0.3, -0.25) is 0 Å². The van der Waals surface area contributed by atoms with E-state index in [2.05, 4.69) is 11.6 Å². The molecule has 0 saturated heterocycles. The van der Waals surface area contributed by atoms with Crippen LogP contribution < -0.4 is 4.72 Å². The van der Waals surface area contributed by atoms with Gasteiger partial charge >= 0.3 is 0 Å². The molecule has 0 radical (unpaired) electrons. The predicted octanol–water partition coefficient (Wildman–Crippen LogP) is 2.06. The van der Waals surface area contributed by atoms with Gasteiger partial charge in [-0.1, -0.05) is 25.5 Å². The van der Waals surface area contributed by atoms with Crippen LogP contribution in [0.2, 0.25) is 0 Å². The maximum atomic E-state index is 11.3. The minimum atomic E-state index is -3.07. The highest BCUT2D eigenvalue weighted by Crippen LogP contribution is 1.96. The Morgan fingerprint density at radius 3 is 2.29 bits per heavy atom. The summed E-state index contributed by atoms with van der Waals surface area (Å²) in [6.45, 7) is 5.75. The van der Waals surface area contributed by atoms with Crippen molar-refractivity contribution in [1.82, 2.24) is 4.72 Å². The van der Waals surface area contributed by atoms with E-state index in [1.807, 2.05) is 26.0 Å². The van der Waals surface area contributed by atoms with Gasteiger partial charge in [0.1, 0.15) is 0 Å². The number of hydrogen-bond acceptors (Lipinski definition) is 2. The van der Waals surface area contributed by atoms with Gasteiger partial charge in [0.15, 0.2) is 0 Å². The van der Waals surface area contributed by atoms with E-state index in [4.69, 9.17) is 0 Å². The molecule has 0 aromatic rings. The first-order chi connectivity index (χ1) is 6.48. The van der Waals surface area contributed by atoms with Gasteiger partial charge in [-0.2, -0.15) is 0 Å². The molecule has 0 amide bonds. The third-order valence-electron chi connectivity index (χ3n) is 1.59. The van der Waals surface area contributed by atoms with Gasteiger partial charge in [0.25, 0.3) is 0 Å². The summed E-state index contributed by atoms with van der Waals surface area (Å²) < 4.78 is 25.2. The van der Waals surface area contributed by atoms with Gasteiger partial charge in [-0.15, -0.1) is 0 Å². The van der Waals surface area contributed by atoms with E-state index in [0.29, 0.717) is 6.42 Å². The largest absolute Gasteiger partial charge is 0.213 e. The van der Waals surface area contributed by atoms with Crippen LogP contribution in [0, 0.1) is 0 Å². The van der Waals surface area contributed by atoms with Crippen molar-refractivity contribution in [2.45, 2.75) is 46.1 Å². The lowest BCUT2D eigenvalue weighted by Gasteiger charge is -2.07. The van der Waals surface area contributed by atoms with Crippen LogP contribution >= 0.6 is 0 Å². The zero-order valence-electron chi connectivity index (χ0n) is 9.29. The van der Waals surface area contributed by atoms with Crippen LogP contribution in [0.25, 0.3) is 0 Å². The predicted molar refractivity (Wildman–Crippen MR) is 60.7 cm³/mol. The first kappa shape index (κ1) is 13.7. The molecular formula is C10H21NO2S. The fourth-order valence-electron chi connectivity index (χ4n) is 1.04. The smallest absolute Gasteiger partial charge is 0.212 e. The van der Waals surface area contributed by atoms with Crippen molar-refractivity contribution < 1.29 is 8.42 Å². The molecule has 4 heteroatoms. The summed E-state index contributed by atoms with van der Waals surface area (Å²) in [4.78, 5) is 0. The van der Waals surface area contributed by atoms with Gasteiger partial charge in [-0.05, 0) is 26.7 Å². The highest BCUT2D eigenvalue weighted by Gasteiger charge is 2.09. The lowest BCUT2D eigenvalue weighted by atomic mass is 10.3. The SMILES string of the molecule is CCC/C=C/CCS(=O)(=O)NC(C)C. The first-order valence-electron chi connectivity index (χ1n) is 5.13. The van der Waals surface area contributed by atoms with E-state index in [1.54, 1.807) is 0 Å². The molecule has 14 heavy (non-hydrogen) atoms. The molecule has 0 aliphatic heterocycles. The number of nitrogens with one attached hydrogen (secondary N) is 1. The van der Waals surface area contributed by atoms with Crippen LogP contribution in [0.15, 0.2) is 12.2 Å². The van der Waals surface area contributed by atoms with Gasteiger partial charge < -0.3 is 0 Å². The van der Waals surface area contributed by atoms with Crippen molar-refractivity contribution in [2.75, 3.05) is 5.75 Å². The molecule has 0 heterocycles. The Kier molecular flexibility index (Phi) is 6.83. The van der Waals surface area contributed by atoms with Crippen molar-refractivity contribution in [2.24, 2.45) is 0 Å². The minimum absolute atomic E-state index is 0.0142. The molecule has 1 N–H and O–H groups in total. The molecule has 0 aliphatic carbocycles. The summed E-state index contributed by atoms with van der Waals surface area (Å²) in [5, 5.41) is 0. The molecule has 84 valence electrons. The molecule has 0 aliphatic rings. The summed E-state index contributed by atoms with van der Waals surface area (Å²) in [5.41, 5.74) is 0. The topological polar surface area (TPSA) is 46.2 Å². The van der Waals surface area contributed by atoms with E-state index in [9.17, 15) is 8.42 Å². The molecule has 0 bridgehead atoms. The van der Waals surface area contributed by atoms with Crippen LogP contribution in [-0.2, 0) is 10.0 Å². The monoisotopic (exact) mass is 219 g/mol. The summed E-state index contributed by atoms with van der Waals surface area (Å²) >= 11 is 0. The quantitative estimate of drug-likeness (QED) is 0.666. The molecule has 0 unspecified atom stereocenters. The zero-order valence-corrected chi connectivity index (χ0v) is 10.1. The van der Waals surface area contributed by atoms with Crippen LogP contribution in [0.5, 0.6) is 0 Å². The van der Waals surface area contributed by atoms with Crippen molar-refractivity contribution in [3.05, 3.63) is 12.2 Å². The number of unbranched alkanes of at least 4 members (excludes halogenated alkanes) is 1. The molecule has 0 aromatic heterocycles. The zero-order chi connectivity index (χ0) is 11.0. The van der Waals surface area contributed by atoms with Crippen molar-refractivity contribution in [3.63, 3.8) is 0 Å². The average molecular weight is 219 g/mol. The second-order valence-corrected chi connectivity index (χ2v) is 5.51. The lowest BCUT2D eigenvalue weighted by molar-refractivity contribution is 0.569. The highest BCUT2D eigenvalue weighted by atomic mass is 32.2. The van der Waals surface area contributed by atoms with Crippen LogP contribution in [0.3, 0.4) is 0 Å². The molecular weight excluding hydrogens is 198 g/mol. The van der Waals surface area contributed by atoms with E-state index >= 15 is 0 Å². The first-order valence-corrected chi connectivity index (χ1v) is 6.78. The van der Waals surface area contributed by atoms with E-state index in [1.165, 1.54) is 0 Å². The van der Waals surface area contributed by atoms with Crippen LogP contribution in [0.4, 0.5) is 0 Å². The van der Waals surface area contributed by atoms with Crippen molar-refractivity contribution >= 4 is 10.0 Å². The number of allylic oxidation sites excluding steroid dienone is 2. The molecule has 0 rings (SSSR count). The Hall–Kier alpha value is -0.350. The van der Waals surface area contributed by atoms with Gasteiger partial charge in [0.2, 0.25) is 10.0 Å². The van der Waals surface area contributed by atoms with Crippen LogP contribution in [0.1, 0.15) is 40.0 Å². The molecule has 0 aromatic carbocycles. The second kappa shape index (κ2) is 7.01. The van der Waals surface area contributed by atoms with Gasteiger partial charge in [0.05, 0.1) is 5.75 Å². The minimum Gasteiger partial charge on any atom is -0.213 e. The fraction of sp³-hybridized carbons (Fsp3) is 0.800. The maximum Gasteiger partial charge on any atom is 0.212 e. The van der Waals surface area contributed by atoms with E-state index < -0.39 is 10.0 Å². The summed E-state index contributed by atoms with van der Waals surface area (Å²) in [5.74, 6) is 0.186. The van der Waals surface area contributed by atoms with Crippen molar-refractivity contribution in [3.8, 4) is 0 Å². The standard InChI is InChI=1S/C10H21NO2S/c1-4-5-6-7-8-9-14(12,13)11-10(2)3/h6-7,10-11H,4-5,8-9H2,1-3H3/b7-6+. The third kappa shape index (κ3) is 8.26. The third-order valence-corrected chi connectivity index (χ3v) is 3.19. The van der Waals surface area contributed by atoms with Crippen LogP contribution in [-0.4, -0.2) is 20.2 Å². The number of sulfonamides is 1. The fourth-order valence-corrected chi connectivity index (χ4v) is 2.33.